The number of aryl methyl sites for hydroxylation is 1. The lowest BCUT2D eigenvalue weighted by atomic mass is 9.88. The molecule has 3 N–H and O–H groups in total. The number of oxazole rings is 1. The van der Waals surface area contributed by atoms with Gasteiger partial charge in [0.1, 0.15) is 5.52 Å². The summed E-state index contributed by atoms with van der Waals surface area (Å²) in [6.07, 6.45) is 2.38. The molecular formula is C16H15N3O3S. The van der Waals surface area contributed by atoms with Crippen LogP contribution in [0.5, 0.6) is 0 Å². The molecule has 2 atom stereocenters. The number of hydrogen-bond donors (Lipinski definition) is 2. The van der Waals surface area contributed by atoms with Crippen LogP contribution in [0.25, 0.3) is 11.1 Å². The molecule has 2 aliphatic rings. The second-order valence-corrected chi connectivity index (χ2v) is 7.10. The molecule has 0 bridgehead atoms. The maximum absolute atomic E-state index is 11.8. The molecule has 0 radical (unpaired) electrons. The van der Waals surface area contributed by atoms with Crippen molar-refractivity contribution in [3.8, 4) is 0 Å². The van der Waals surface area contributed by atoms with Crippen molar-refractivity contribution in [3.05, 3.63) is 40.1 Å². The van der Waals surface area contributed by atoms with Crippen LogP contribution in [0.15, 0.2) is 38.1 Å². The summed E-state index contributed by atoms with van der Waals surface area (Å²) >= 11 is 1.13. The lowest BCUT2D eigenvalue weighted by Crippen LogP contribution is -2.48. The van der Waals surface area contributed by atoms with Gasteiger partial charge in [-0.25, -0.2) is 9.78 Å². The number of para-hydroxylation sites is 1. The van der Waals surface area contributed by atoms with Crippen molar-refractivity contribution in [2.75, 3.05) is 6.54 Å². The number of carbonyl (C=O) groups is 1. The van der Waals surface area contributed by atoms with E-state index in [1.165, 1.54) is 0 Å². The third-order valence-electron chi connectivity index (χ3n) is 4.31. The third-order valence-corrected chi connectivity index (χ3v) is 5.65. The minimum Gasteiger partial charge on any atom is -0.479 e. The largest absolute Gasteiger partial charge is 0.479 e. The summed E-state index contributed by atoms with van der Waals surface area (Å²) in [5, 5.41) is 9.69. The van der Waals surface area contributed by atoms with Crippen molar-refractivity contribution in [1.29, 1.82) is 0 Å². The Kier molecular flexibility index (Phi) is 3.11. The van der Waals surface area contributed by atoms with Crippen molar-refractivity contribution in [1.82, 2.24) is 4.98 Å². The fourth-order valence-electron chi connectivity index (χ4n) is 3.14. The highest BCUT2D eigenvalue weighted by Crippen LogP contribution is 2.53. The highest BCUT2D eigenvalue weighted by Gasteiger charge is 2.54. The number of nitrogens with zero attached hydrogens (tertiary/aromatic N) is 2. The first kappa shape index (κ1) is 14.5. The Balaban J connectivity index is 1.91. The third kappa shape index (κ3) is 2.04. The van der Waals surface area contributed by atoms with Crippen LogP contribution in [0.4, 0.5) is 0 Å². The van der Waals surface area contributed by atoms with E-state index < -0.39 is 16.8 Å². The predicted molar refractivity (Wildman–Crippen MR) is 88.6 cm³/mol. The van der Waals surface area contributed by atoms with Gasteiger partial charge in [-0.05, 0) is 30.5 Å². The first-order chi connectivity index (χ1) is 11.0. The van der Waals surface area contributed by atoms with Gasteiger partial charge in [-0.15, -0.1) is 0 Å². The molecule has 1 aromatic carbocycles. The van der Waals surface area contributed by atoms with E-state index in [1.54, 1.807) is 6.21 Å². The Morgan fingerprint density at radius 1 is 1.52 bits per heavy atom. The van der Waals surface area contributed by atoms with E-state index in [1.807, 2.05) is 25.1 Å². The number of aliphatic carboxylic acids is 1. The summed E-state index contributed by atoms with van der Waals surface area (Å²) in [5.41, 5.74) is 9.60. The molecule has 118 valence electrons. The minimum atomic E-state index is -1.52. The SMILES string of the molecule is Cc1cccc2oc(C3C4=C(C=NCC4)SC3(N)C(=O)O)nc12. The van der Waals surface area contributed by atoms with E-state index in [0.29, 0.717) is 24.4 Å². The first-order valence-electron chi connectivity index (χ1n) is 7.31. The van der Waals surface area contributed by atoms with Crippen molar-refractivity contribution >= 4 is 35.0 Å². The first-order valence-corrected chi connectivity index (χ1v) is 8.12. The standard InChI is InChI=1S/C16H15N3O3S/c1-8-3-2-4-10-13(8)19-14(22-10)12-9-5-6-18-7-11(9)23-16(12,17)15(20)21/h2-4,7,12H,5-6,17H2,1H3,(H,20,21). The summed E-state index contributed by atoms with van der Waals surface area (Å²) in [7, 11) is 0. The summed E-state index contributed by atoms with van der Waals surface area (Å²) in [6.45, 7) is 2.58. The van der Waals surface area contributed by atoms with E-state index >= 15 is 0 Å². The Labute approximate surface area is 136 Å². The lowest BCUT2D eigenvalue weighted by Gasteiger charge is -2.25. The maximum Gasteiger partial charge on any atom is 0.335 e. The van der Waals surface area contributed by atoms with Gasteiger partial charge in [0.05, 0.1) is 5.92 Å². The van der Waals surface area contributed by atoms with Crippen molar-refractivity contribution in [2.24, 2.45) is 10.7 Å². The number of allylic oxidation sites excluding steroid dienone is 1. The van der Waals surface area contributed by atoms with Crippen molar-refractivity contribution in [3.63, 3.8) is 0 Å². The molecule has 1 aromatic heterocycles. The summed E-state index contributed by atoms with van der Waals surface area (Å²) in [6, 6.07) is 5.67. The molecule has 0 saturated heterocycles. The summed E-state index contributed by atoms with van der Waals surface area (Å²) < 4.78 is 5.88. The van der Waals surface area contributed by atoms with Gasteiger partial charge in [-0.1, -0.05) is 23.9 Å². The minimum absolute atomic E-state index is 0.368. The van der Waals surface area contributed by atoms with Crippen LogP contribution in [-0.2, 0) is 4.79 Å². The van der Waals surface area contributed by atoms with Crippen LogP contribution in [0.1, 0.15) is 23.8 Å². The molecule has 3 heterocycles. The molecule has 0 fully saturated rings. The van der Waals surface area contributed by atoms with Crippen molar-refractivity contribution in [2.45, 2.75) is 24.1 Å². The van der Waals surface area contributed by atoms with E-state index in [4.69, 9.17) is 10.2 Å². The molecular weight excluding hydrogens is 314 g/mol. The average molecular weight is 329 g/mol. The molecule has 2 aliphatic heterocycles. The molecule has 0 amide bonds. The zero-order valence-electron chi connectivity index (χ0n) is 12.4. The van der Waals surface area contributed by atoms with Gasteiger partial charge in [-0.3, -0.25) is 4.99 Å². The Morgan fingerprint density at radius 2 is 2.35 bits per heavy atom. The van der Waals surface area contributed by atoms with Crippen LogP contribution in [-0.4, -0.2) is 33.7 Å². The number of aromatic nitrogens is 1. The van der Waals surface area contributed by atoms with Crippen LogP contribution < -0.4 is 5.73 Å². The average Bonchev–Trinajstić information content (AvgIpc) is 3.06. The predicted octanol–water partition coefficient (Wildman–Crippen LogP) is 2.43. The van der Waals surface area contributed by atoms with Crippen LogP contribution in [0.3, 0.4) is 0 Å². The molecule has 0 spiro atoms. The molecule has 0 saturated carbocycles. The zero-order chi connectivity index (χ0) is 16.2. The zero-order valence-corrected chi connectivity index (χ0v) is 13.3. The molecule has 2 unspecified atom stereocenters. The van der Waals surface area contributed by atoms with E-state index in [9.17, 15) is 9.90 Å². The van der Waals surface area contributed by atoms with Crippen LogP contribution >= 0.6 is 11.8 Å². The highest BCUT2D eigenvalue weighted by atomic mass is 32.2. The molecule has 4 rings (SSSR count). The second kappa shape index (κ2) is 4.94. The van der Waals surface area contributed by atoms with E-state index in [2.05, 4.69) is 9.98 Å². The molecule has 0 aliphatic carbocycles. The van der Waals surface area contributed by atoms with Gasteiger partial charge in [0.25, 0.3) is 0 Å². The Morgan fingerprint density at radius 3 is 3.09 bits per heavy atom. The quantitative estimate of drug-likeness (QED) is 0.877. The number of nitrogens with two attached hydrogens (primary N) is 1. The number of hydrogen-bond acceptors (Lipinski definition) is 6. The van der Waals surface area contributed by atoms with Gasteiger partial charge in [-0.2, -0.15) is 0 Å². The summed E-state index contributed by atoms with van der Waals surface area (Å²) in [5.74, 6) is -1.29. The highest BCUT2D eigenvalue weighted by molar-refractivity contribution is 8.06. The molecule has 23 heavy (non-hydrogen) atoms. The maximum atomic E-state index is 11.8. The smallest absolute Gasteiger partial charge is 0.335 e. The number of carboxylic acid groups (broad SMARTS) is 1. The van der Waals surface area contributed by atoms with E-state index in [0.717, 1.165) is 33.3 Å². The van der Waals surface area contributed by atoms with Gasteiger partial charge >= 0.3 is 5.97 Å². The van der Waals surface area contributed by atoms with Crippen LogP contribution in [0.2, 0.25) is 0 Å². The monoisotopic (exact) mass is 329 g/mol. The number of carboxylic acids is 1. The van der Waals surface area contributed by atoms with Gasteiger partial charge in [0.15, 0.2) is 10.5 Å². The number of aliphatic imine (C=N–C) groups is 1. The van der Waals surface area contributed by atoms with E-state index in [-0.39, 0.29) is 0 Å². The lowest BCUT2D eigenvalue weighted by molar-refractivity contribution is -0.140. The fourth-order valence-corrected chi connectivity index (χ4v) is 4.43. The molecule has 6 nitrogen and oxygen atoms in total. The number of benzene rings is 1. The van der Waals surface area contributed by atoms with Crippen molar-refractivity contribution < 1.29 is 14.3 Å². The van der Waals surface area contributed by atoms with Crippen LogP contribution in [0, 0.1) is 6.92 Å². The topological polar surface area (TPSA) is 102 Å². The molecule has 7 heteroatoms. The van der Waals surface area contributed by atoms with Gasteiger partial charge in [0, 0.05) is 17.7 Å². The Bertz CT molecular complexity index is 886. The normalized spacial score (nSPS) is 26.8. The Hall–Kier alpha value is -2.12. The molecule has 2 aromatic rings. The number of rotatable bonds is 2. The van der Waals surface area contributed by atoms with Gasteiger partial charge < -0.3 is 15.3 Å². The van der Waals surface area contributed by atoms with Gasteiger partial charge in [0.2, 0.25) is 5.89 Å². The second-order valence-electron chi connectivity index (χ2n) is 5.78. The fraction of sp³-hybridized carbons (Fsp3) is 0.312. The number of thioether (sulfide) groups is 1. The summed E-state index contributed by atoms with van der Waals surface area (Å²) in [4.78, 5) is 19.9. The number of dihydropyridines is 1. The number of fused-ring (bicyclic) bond motifs is 1.